The third kappa shape index (κ3) is 4.10. The summed E-state index contributed by atoms with van der Waals surface area (Å²) < 4.78 is 36.5. The van der Waals surface area contributed by atoms with Crippen molar-refractivity contribution in [1.29, 1.82) is 0 Å². The van der Waals surface area contributed by atoms with Gasteiger partial charge in [0.25, 0.3) is 0 Å². The fraction of sp³-hybridized carbons (Fsp3) is 0.200. The number of aliphatic carboxylic acids is 1. The molecule has 104 valence electrons. The van der Waals surface area contributed by atoms with E-state index in [9.17, 15) is 22.8 Å². The summed E-state index contributed by atoms with van der Waals surface area (Å²) in [4.78, 5) is 21.8. The number of carbonyl (C=O) groups excluding carboxylic acids is 1. The Morgan fingerprint density at radius 3 is 2.37 bits per heavy atom. The van der Waals surface area contributed by atoms with Crippen LogP contribution in [0.15, 0.2) is 22.7 Å². The molecule has 0 spiro atoms. The van der Waals surface area contributed by atoms with Gasteiger partial charge in [0.05, 0.1) is 0 Å². The van der Waals surface area contributed by atoms with Gasteiger partial charge in [0, 0.05) is 9.50 Å². The third-order valence-electron chi connectivity index (χ3n) is 2.05. The maximum atomic E-state index is 12.1. The van der Waals surface area contributed by atoms with Crippen LogP contribution in [0.2, 0.25) is 5.02 Å². The summed E-state index contributed by atoms with van der Waals surface area (Å²) in [6, 6.07) is 1.99. The molecule has 4 nitrogen and oxygen atoms in total. The first-order valence-corrected chi connectivity index (χ1v) is 5.85. The van der Waals surface area contributed by atoms with Gasteiger partial charge in [0.1, 0.15) is 0 Å². The number of halogens is 5. The van der Waals surface area contributed by atoms with Gasteiger partial charge in [-0.3, -0.25) is 4.79 Å². The molecule has 0 heterocycles. The normalized spacial score (nSPS) is 12.9. The average Bonchev–Trinajstić information content (AvgIpc) is 2.24. The topological polar surface area (TPSA) is 66.4 Å². The Kier molecular flexibility index (Phi) is 4.81. The van der Waals surface area contributed by atoms with E-state index in [1.165, 1.54) is 23.5 Å². The number of hydrogen-bond donors (Lipinski definition) is 2. The molecule has 0 fully saturated rings. The first kappa shape index (κ1) is 15.8. The van der Waals surface area contributed by atoms with Gasteiger partial charge in [-0.05, 0) is 17.7 Å². The predicted molar refractivity (Wildman–Crippen MR) is 63.7 cm³/mol. The molecule has 1 rings (SSSR count). The van der Waals surface area contributed by atoms with E-state index in [2.05, 4.69) is 15.9 Å². The van der Waals surface area contributed by atoms with Crippen LogP contribution in [-0.4, -0.2) is 23.2 Å². The maximum Gasteiger partial charge on any atom is 0.471 e. The lowest BCUT2D eigenvalue weighted by molar-refractivity contribution is -0.175. The molecule has 9 heteroatoms. The Morgan fingerprint density at radius 1 is 1.37 bits per heavy atom. The molecule has 1 unspecified atom stereocenters. The number of amides is 1. The van der Waals surface area contributed by atoms with Crippen molar-refractivity contribution in [3.05, 3.63) is 33.3 Å². The van der Waals surface area contributed by atoms with Crippen LogP contribution in [0.4, 0.5) is 13.2 Å². The summed E-state index contributed by atoms with van der Waals surface area (Å²) in [6.07, 6.45) is -5.16. The van der Waals surface area contributed by atoms with Crippen molar-refractivity contribution in [3.63, 3.8) is 0 Å². The van der Waals surface area contributed by atoms with Crippen molar-refractivity contribution in [2.75, 3.05) is 0 Å². The SMILES string of the molecule is O=C(O)C(NC(=O)C(F)(F)F)c1ccc(Cl)cc1Br. The summed E-state index contributed by atoms with van der Waals surface area (Å²) in [5, 5.41) is 10.6. The molecule has 0 saturated carbocycles. The first-order valence-electron chi connectivity index (χ1n) is 4.68. The lowest BCUT2D eigenvalue weighted by atomic mass is 10.1. The molecule has 0 aliphatic rings. The number of carboxylic acid groups (broad SMARTS) is 1. The summed E-state index contributed by atoms with van der Waals surface area (Å²) in [7, 11) is 0. The average molecular weight is 361 g/mol. The second-order valence-corrected chi connectivity index (χ2v) is 4.70. The highest BCUT2D eigenvalue weighted by atomic mass is 79.9. The van der Waals surface area contributed by atoms with Crippen LogP contribution >= 0.6 is 27.5 Å². The lowest BCUT2D eigenvalue weighted by Crippen LogP contribution is -2.42. The summed E-state index contributed by atoms with van der Waals surface area (Å²) in [5.74, 6) is -3.96. The van der Waals surface area contributed by atoms with Crippen molar-refractivity contribution in [2.45, 2.75) is 12.2 Å². The van der Waals surface area contributed by atoms with E-state index in [0.29, 0.717) is 0 Å². The predicted octanol–water partition coefficient (Wildman–Crippen LogP) is 2.91. The number of carboxylic acids is 1. The molecule has 19 heavy (non-hydrogen) atoms. The molecule has 0 radical (unpaired) electrons. The van der Waals surface area contributed by atoms with Gasteiger partial charge in [0.15, 0.2) is 6.04 Å². The van der Waals surface area contributed by atoms with Crippen LogP contribution in [0.3, 0.4) is 0 Å². The highest BCUT2D eigenvalue weighted by Gasteiger charge is 2.41. The lowest BCUT2D eigenvalue weighted by Gasteiger charge is -2.17. The Hall–Kier alpha value is -1.28. The molecule has 0 saturated heterocycles. The van der Waals surface area contributed by atoms with Gasteiger partial charge < -0.3 is 10.4 Å². The Labute approximate surface area is 118 Å². The van der Waals surface area contributed by atoms with Gasteiger partial charge in [-0.1, -0.05) is 33.6 Å². The number of alkyl halides is 3. The highest BCUT2D eigenvalue weighted by Crippen LogP contribution is 2.28. The van der Waals surface area contributed by atoms with Crippen LogP contribution in [-0.2, 0) is 9.59 Å². The molecule has 0 aliphatic heterocycles. The minimum absolute atomic E-state index is 0.0468. The van der Waals surface area contributed by atoms with Crippen molar-refractivity contribution in [2.24, 2.45) is 0 Å². The molecule has 1 aromatic rings. The monoisotopic (exact) mass is 359 g/mol. The van der Waals surface area contributed by atoms with E-state index in [4.69, 9.17) is 16.7 Å². The summed E-state index contributed by atoms with van der Waals surface area (Å²) >= 11 is 8.61. The molecule has 0 bridgehead atoms. The Balaban J connectivity index is 3.09. The zero-order chi connectivity index (χ0) is 14.8. The fourth-order valence-electron chi connectivity index (χ4n) is 1.22. The number of benzene rings is 1. The van der Waals surface area contributed by atoms with Crippen molar-refractivity contribution >= 4 is 39.4 Å². The van der Waals surface area contributed by atoms with E-state index in [-0.39, 0.29) is 15.1 Å². The Bertz CT molecular complexity index is 521. The standard InChI is InChI=1S/C10H6BrClF3NO3/c11-6-3-4(12)1-2-5(6)7(8(17)18)16-9(19)10(13,14)15/h1-3,7H,(H,16,19)(H,17,18). The molecule has 1 aromatic carbocycles. The second-order valence-electron chi connectivity index (χ2n) is 3.41. The smallest absolute Gasteiger partial charge is 0.471 e. The molecule has 2 N–H and O–H groups in total. The van der Waals surface area contributed by atoms with Crippen LogP contribution in [0.5, 0.6) is 0 Å². The zero-order valence-corrected chi connectivity index (χ0v) is 11.3. The molecular weight excluding hydrogens is 354 g/mol. The minimum Gasteiger partial charge on any atom is -0.479 e. The van der Waals surface area contributed by atoms with E-state index >= 15 is 0 Å². The van der Waals surface area contributed by atoms with E-state index < -0.39 is 24.1 Å². The maximum absolute atomic E-state index is 12.1. The van der Waals surface area contributed by atoms with Crippen LogP contribution < -0.4 is 5.32 Å². The van der Waals surface area contributed by atoms with Crippen LogP contribution in [0.25, 0.3) is 0 Å². The second kappa shape index (κ2) is 5.79. The number of nitrogens with one attached hydrogen (secondary N) is 1. The molecule has 0 aromatic heterocycles. The summed E-state index contributed by atoms with van der Waals surface area (Å²) in [6.45, 7) is 0. The molecule has 1 atom stereocenters. The molecular formula is C10H6BrClF3NO3. The van der Waals surface area contributed by atoms with Gasteiger partial charge in [-0.25, -0.2) is 4.79 Å². The largest absolute Gasteiger partial charge is 0.479 e. The number of hydrogen-bond acceptors (Lipinski definition) is 2. The molecule has 0 aliphatic carbocycles. The van der Waals surface area contributed by atoms with E-state index in [1.807, 2.05) is 0 Å². The van der Waals surface area contributed by atoms with Crippen LogP contribution in [0, 0.1) is 0 Å². The van der Waals surface area contributed by atoms with Gasteiger partial charge in [-0.2, -0.15) is 13.2 Å². The highest BCUT2D eigenvalue weighted by molar-refractivity contribution is 9.10. The zero-order valence-electron chi connectivity index (χ0n) is 8.96. The van der Waals surface area contributed by atoms with Crippen molar-refractivity contribution < 1.29 is 27.9 Å². The fourth-order valence-corrected chi connectivity index (χ4v) is 2.13. The van der Waals surface area contributed by atoms with Crippen LogP contribution in [0.1, 0.15) is 11.6 Å². The van der Waals surface area contributed by atoms with Crippen molar-refractivity contribution in [1.82, 2.24) is 5.32 Å². The first-order chi connectivity index (χ1) is 8.62. The van der Waals surface area contributed by atoms with Gasteiger partial charge >= 0.3 is 18.1 Å². The summed E-state index contributed by atoms with van der Waals surface area (Å²) in [5.41, 5.74) is -0.0468. The van der Waals surface area contributed by atoms with Crippen molar-refractivity contribution in [3.8, 4) is 0 Å². The number of rotatable bonds is 3. The van der Waals surface area contributed by atoms with Gasteiger partial charge in [0.2, 0.25) is 0 Å². The minimum atomic E-state index is -5.16. The Morgan fingerprint density at radius 2 is 1.95 bits per heavy atom. The molecule has 1 amide bonds. The van der Waals surface area contributed by atoms with Gasteiger partial charge in [-0.15, -0.1) is 0 Å². The third-order valence-corrected chi connectivity index (χ3v) is 2.98. The van der Waals surface area contributed by atoms with E-state index in [0.717, 1.165) is 0 Å². The quantitative estimate of drug-likeness (QED) is 0.871. The number of carbonyl (C=O) groups is 2. The van der Waals surface area contributed by atoms with E-state index in [1.54, 1.807) is 0 Å².